The number of aromatic amines is 2. The van der Waals surface area contributed by atoms with Crippen molar-refractivity contribution in [3.63, 3.8) is 0 Å². The Labute approximate surface area is 430 Å². The van der Waals surface area contributed by atoms with E-state index in [4.69, 9.17) is 19.4 Å². The largest absolute Gasteiger partial charge is 0.453 e. The van der Waals surface area contributed by atoms with E-state index in [1.807, 2.05) is 36.4 Å². The number of H-pyrrole nitrogens is 2. The van der Waals surface area contributed by atoms with Crippen LogP contribution in [0.4, 0.5) is 9.59 Å². The third-order valence-electron chi connectivity index (χ3n) is 14.4. The summed E-state index contributed by atoms with van der Waals surface area (Å²) in [5.41, 5.74) is 11.5. The van der Waals surface area contributed by atoms with Gasteiger partial charge in [0.1, 0.15) is 35.8 Å². The lowest BCUT2D eigenvalue weighted by Crippen LogP contribution is -2.51. The molecular formula is C52H62N10O10S2. The number of fused-ring (bicyclic) bond motifs is 2. The van der Waals surface area contributed by atoms with Crippen LogP contribution >= 0.6 is 0 Å². The second-order valence-electron chi connectivity index (χ2n) is 20.1. The molecule has 4 amide bonds. The van der Waals surface area contributed by atoms with Gasteiger partial charge in [-0.1, -0.05) is 76.2 Å². The van der Waals surface area contributed by atoms with Crippen molar-refractivity contribution in [2.24, 2.45) is 11.8 Å². The lowest BCUT2D eigenvalue weighted by Gasteiger charge is -2.29. The van der Waals surface area contributed by atoms with Crippen molar-refractivity contribution >= 4 is 66.1 Å². The van der Waals surface area contributed by atoms with E-state index in [2.05, 4.69) is 57.0 Å². The van der Waals surface area contributed by atoms with Crippen molar-refractivity contribution < 1.29 is 45.5 Å². The summed E-state index contributed by atoms with van der Waals surface area (Å²) >= 11 is 0. The summed E-state index contributed by atoms with van der Waals surface area (Å²) in [6, 6.07) is 21.9. The van der Waals surface area contributed by atoms with E-state index < -0.39 is 68.2 Å². The van der Waals surface area contributed by atoms with Crippen LogP contribution in [0.1, 0.15) is 73.7 Å². The first-order valence-electron chi connectivity index (χ1n) is 24.5. The fraction of sp³-hybridized carbons (Fsp3) is 0.423. The molecule has 0 spiro atoms. The van der Waals surface area contributed by atoms with Crippen molar-refractivity contribution in [3.8, 4) is 22.3 Å². The molecule has 2 aliphatic heterocycles. The number of aryl methyl sites for hydroxylation is 4. The number of methoxy groups -OCH3 is 2. The van der Waals surface area contributed by atoms with Gasteiger partial charge in [0, 0.05) is 13.1 Å². The zero-order chi connectivity index (χ0) is 53.0. The number of carbonyl (C=O) groups is 4. The molecular weight excluding hydrogens is 989 g/mol. The monoisotopic (exact) mass is 1050 g/mol. The number of nitrogens with zero attached hydrogens (tertiary/aromatic N) is 6. The molecule has 2 saturated heterocycles. The first kappa shape index (κ1) is 52.0. The maximum atomic E-state index is 14.1. The molecule has 74 heavy (non-hydrogen) atoms. The smallest absolute Gasteiger partial charge is 0.407 e. The number of imidazole rings is 2. The number of aromatic nitrogens is 4. The third kappa shape index (κ3) is 10.6. The summed E-state index contributed by atoms with van der Waals surface area (Å²) in [6.07, 6.45) is 3.67. The fourth-order valence-corrected chi connectivity index (χ4v) is 11.7. The average molecular weight is 1050 g/mol. The van der Waals surface area contributed by atoms with Gasteiger partial charge in [0.15, 0.2) is 0 Å². The molecule has 4 aliphatic carbocycles. The summed E-state index contributed by atoms with van der Waals surface area (Å²) in [7, 11) is -4.94. The number of rotatable bonds is 12. The number of amides is 4. The molecule has 0 saturated carbocycles. The van der Waals surface area contributed by atoms with Gasteiger partial charge in [-0.05, 0) is 106 Å². The maximum absolute atomic E-state index is 14.1. The molecule has 12 rings (SSSR count). The van der Waals surface area contributed by atoms with Crippen LogP contribution in [0.2, 0.25) is 0 Å². The molecule has 22 heteroatoms. The molecule has 20 nitrogen and oxygen atoms in total. The predicted octanol–water partition coefficient (Wildman–Crippen LogP) is 5.62. The van der Waals surface area contributed by atoms with Gasteiger partial charge in [-0.25, -0.2) is 36.4 Å². The van der Waals surface area contributed by atoms with E-state index in [-0.39, 0.29) is 38.3 Å². The number of carbonyl (C=O) groups excluding carboxylic acids is 4. The Morgan fingerprint density at radius 1 is 0.581 bits per heavy atom. The van der Waals surface area contributed by atoms with Crippen LogP contribution in [0, 0.1) is 11.8 Å². The van der Waals surface area contributed by atoms with Crippen molar-refractivity contribution in [2.75, 3.05) is 53.2 Å². The Kier molecular flexibility index (Phi) is 14.4. The van der Waals surface area contributed by atoms with Crippen LogP contribution < -0.4 is 10.6 Å². The SMILES string of the molecule is COC(=O)NC(C(=O)N1CN(S(C)(=O)=O)CC1c1nc2ccc(-c3cc4ccc3CCc3ccc(c(-c5ccc6nc(C7CN(S(C)(=O)=O)CN7C(=O)C(NC(=O)OC)C(C)C)[nH]c6c5)c3)CC4)cc2[nH]1)C(C)C. The number of ether oxygens (including phenoxy) is 2. The molecule has 4 aromatic carbocycles. The molecule has 0 radical (unpaired) electrons. The van der Waals surface area contributed by atoms with E-state index in [9.17, 15) is 36.0 Å². The second-order valence-corrected chi connectivity index (χ2v) is 24.1. The molecule has 4 N–H and O–H groups in total. The van der Waals surface area contributed by atoms with Crippen molar-refractivity contribution in [2.45, 2.75) is 77.5 Å². The van der Waals surface area contributed by atoms with Crippen LogP contribution in [0.5, 0.6) is 0 Å². The molecule has 6 aromatic rings. The highest BCUT2D eigenvalue weighted by molar-refractivity contribution is 7.88. The molecule has 4 bridgehead atoms. The Morgan fingerprint density at radius 3 is 1.32 bits per heavy atom. The van der Waals surface area contributed by atoms with Crippen LogP contribution in [-0.4, -0.2) is 144 Å². The predicted molar refractivity (Wildman–Crippen MR) is 278 cm³/mol. The summed E-state index contributed by atoms with van der Waals surface area (Å²) in [5, 5.41) is 5.23. The van der Waals surface area contributed by atoms with Gasteiger partial charge in [0.2, 0.25) is 31.9 Å². The van der Waals surface area contributed by atoms with Crippen molar-refractivity contribution in [3.05, 3.63) is 107 Å². The standard InChI is InChI=1S/C52H62N10O10S2/c1-29(2)45(57-51(65)71-5)49(63)61-27-59(73(7,67)68)25-43(61)47-53-39-19-17-35(23-41(39)55-47)37-21-31-9-13-33(37)15-11-32-10-14-34(16-12-31)38(22-32)36-18-20-40-42(24-36)56-48(54-40)44-26-60(74(8,69)70)28-62(44)50(64)46(30(3)4)58-52(66)72-6/h9-10,13-14,17-24,29-30,43-46H,11-12,15-16,25-28H2,1-8H3,(H,53,55)(H,54,56)(H,57,65)(H,58,66). The van der Waals surface area contributed by atoms with E-state index in [0.717, 1.165) is 93.7 Å². The van der Waals surface area contributed by atoms with Crippen LogP contribution in [0.25, 0.3) is 44.3 Å². The zero-order valence-corrected chi connectivity index (χ0v) is 44.3. The maximum Gasteiger partial charge on any atom is 0.407 e. The Morgan fingerprint density at radius 2 is 0.973 bits per heavy atom. The van der Waals surface area contributed by atoms with E-state index in [0.29, 0.717) is 22.7 Å². The number of hydrogen-bond donors (Lipinski definition) is 4. The Hall–Kier alpha value is -6.88. The van der Waals surface area contributed by atoms with Crippen LogP contribution in [0.15, 0.2) is 72.8 Å². The summed E-state index contributed by atoms with van der Waals surface area (Å²) in [6.45, 7) is 6.75. The topological polar surface area (TPSA) is 249 Å². The highest BCUT2D eigenvalue weighted by Gasteiger charge is 2.45. The van der Waals surface area contributed by atoms with E-state index >= 15 is 0 Å². The van der Waals surface area contributed by atoms with E-state index in [1.165, 1.54) is 32.6 Å². The van der Waals surface area contributed by atoms with Crippen molar-refractivity contribution in [1.82, 2.24) is 49.0 Å². The normalized spacial score (nSPS) is 18.5. The van der Waals surface area contributed by atoms with Crippen molar-refractivity contribution in [1.29, 1.82) is 0 Å². The highest BCUT2D eigenvalue weighted by atomic mass is 32.2. The lowest BCUT2D eigenvalue weighted by molar-refractivity contribution is -0.136. The third-order valence-corrected chi connectivity index (χ3v) is 16.8. The quantitative estimate of drug-likeness (QED) is 0.117. The fourth-order valence-electron chi connectivity index (χ4n) is 10.2. The number of hydrogen-bond acceptors (Lipinski definition) is 12. The summed E-state index contributed by atoms with van der Waals surface area (Å²) in [5.74, 6) is -0.677. The molecule has 392 valence electrons. The minimum absolute atomic E-state index is 0.0108. The second kappa shape index (κ2) is 20.4. The average Bonchev–Trinajstić information content (AvgIpc) is 4.19. The molecule has 4 unspecified atom stereocenters. The van der Waals surface area contributed by atoms with Gasteiger partial charge >= 0.3 is 12.2 Å². The number of sulfonamides is 2. The zero-order valence-electron chi connectivity index (χ0n) is 42.6. The summed E-state index contributed by atoms with van der Waals surface area (Å²) in [4.78, 5) is 72.1. The molecule has 2 aromatic heterocycles. The molecule has 4 heterocycles. The first-order chi connectivity index (χ1) is 35.1. The highest BCUT2D eigenvalue weighted by Crippen LogP contribution is 2.37. The van der Waals surface area contributed by atoms with Gasteiger partial charge in [0.25, 0.3) is 0 Å². The summed E-state index contributed by atoms with van der Waals surface area (Å²) < 4.78 is 63.3. The van der Waals surface area contributed by atoms with Gasteiger partial charge < -0.3 is 39.9 Å². The minimum atomic E-state index is -3.69. The number of nitrogens with one attached hydrogen (secondary N) is 4. The lowest BCUT2D eigenvalue weighted by atomic mass is 9.87. The minimum Gasteiger partial charge on any atom is -0.453 e. The number of alkyl carbamates (subject to hydrolysis) is 2. The molecule has 6 aliphatic rings. The Balaban J connectivity index is 0.975. The van der Waals surface area contributed by atoms with Gasteiger partial charge in [-0.15, -0.1) is 0 Å². The van der Waals surface area contributed by atoms with Gasteiger partial charge in [-0.2, -0.15) is 8.61 Å². The molecule has 2 fully saturated rings. The molecule has 4 atom stereocenters. The number of benzene rings is 4. The van der Waals surface area contributed by atoms with Gasteiger partial charge in [-0.3, -0.25) is 9.59 Å². The van der Waals surface area contributed by atoms with Gasteiger partial charge in [0.05, 0.1) is 62.1 Å². The van der Waals surface area contributed by atoms with E-state index in [1.54, 1.807) is 27.7 Å². The Bertz CT molecular complexity index is 3190. The van der Waals surface area contributed by atoms with Crippen LogP contribution in [-0.2, 0) is 64.8 Å². The van der Waals surface area contributed by atoms with Crippen LogP contribution in [0.3, 0.4) is 0 Å². The first-order valence-corrected chi connectivity index (χ1v) is 28.2.